The van der Waals surface area contributed by atoms with E-state index >= 15 is 0 Å². The number of benzene rings is 3. The van der Waals surface area contributed by atoms with Crippen molar-refractivity contribution in [3.8, 4) is 5.75 Å². The van der Waals surface area contributed by atoms with Crippen molar-refractivity contribution < 1.29 is 17.7 Å². The molecule has 3 aromatic rings. The van der Waals surface area contributed by atoms with Gasteiger partial charge in [0, 0.05) is 11.5 Å². The molecule has 0 aliphatic heterocycles. The molecular formula is C23H24O4S. The predicted octanol–water partition coefficient (Wildman–Crippen LogP) is 4.94. The SMILES string of the molecule is Cc1ccc(S(=O)(=O)OCCC(c2ccccc2)c2cc(C)ccc2O)cc1. The Morgan fingerprint density at radius 2 is 1.54 bits per heavy atom. The number of phenolic OH excluding ortho intramolecular Hbond substituents is 1. The largest absolute Gasteiger partial charge is 0.508 e. The Kier molecular flexibility index (Phi) is 6.17. The van der Waals surface area contributed by atoms with Crippen LogP contribution < -0.4 is 0 Å². The first-order valence-electron chi connectivity index (χ1n) is 9.17. The number of aryl methyl sites for hydroxylation is 2. The molecule has 1 N–H and O–H groups in total. The van der Waals surface area contributed by atoms with E-state index in [1.165, 1.54) is 0 Å². The number of rotatable bonds is 7. The molecule has 0 bridgehead atoms. The van der Waals surface area contributed by atoms with Crippen molar-refractivity contribution in [3.63, 3.8) is 0 Å². The van der Waals surface area contributed by atoms with Gasteiger partial charge in [-0.15, -0.1) is 0 Å². The average Bonchev–Trinajstić information content (AvgIpc) is 2.68. The summed E-state index contributed by atoms with van der Waals surface area (Å²) in [5, 5.41) is 10.4. The van der Waals surface area contributed by atoms with Crippen molar-refractivity contribution in [1.82, 2.24) is 0 Å². The summed E-state index contributed by atoms with van der Waals surface area (Å²) in [5.41, 5.74) is 3.78. The van der Waals surface area contributed by atoms with E-state index in [0.717, 1.165) is 22.3 Å². The van der Waals surface area contributed by atoms with Crippen molar-refractivity contribution in [2.45, 2.75) is 31.1 Å². The lowest BCUT2D eigenvalue weighted by molar-refractivity contribution is 0.305. The zero-order valence-corrected chi connectivity index (χ0v) is 16.8. The summed E-state index contributed by atoms with van der Waals surface area (Å²) in [5.74, 6) is 0.0233. The van der Waals surface area contributed by atoms with Crippen LogP contribution in [0.15, 0.2) is 77.7 Å². The van der Waals surface area contributed by atoms with Crippen LogP contribution in [0.1, 0.15) is 34.6 Å². The Bertz CT molecular complexity index is 1030. The van der Waals surface area contributed by atoms with Gasteiger partial charge in [0.25, 0.3) is 10.1 Å². The third-order valence-electron chi connectivity index (χ3n) is 4.72. The van der Waals surface area contributed by atoms with Gasteiger partial charge in [0.2, 0.25) is 0 Å². The van der Waals surface area contributed by atoms with E-state index in [4.69, 9.17) is 4.18 Å². The molecule has 0 fully saturated rings. The van der Waals surface area contributed by atoms with Crippen LogP contribution in [-0.2, 0) is 14.3 Å². The summed E-state index contributed by atoms with van der Waals surface area (Å²) in [6.45, 7) is 3.88. The Hall–Kier alpha value is -2.63. The van der Waals surface area contributed by atoms with Gasteiger partial charge in [-0.05, 0) is 44.0 Å². The molecule has 0 aromatic heterocycles. The van der Waals surface area contributed by atoms with Crippen LogP contribution in [-0.4, -0.2) is 20.1 Å². The normalized spacial score (nSPS) is 12.6. The lowest BCUT2D eigenvalue weighted by Crippen LogP contribution is -2.11. The molecule has 146 valence electrons. The lowest BCUT2D eigenvalue weighted by atomic mass is 9.87. The van der Waals surface area contributed by atoms with Crippen molar-refractivity contribution >= 4 is 10.1 Å². The molecule has 1 atom stereocenters. The first-order chi connectivity index (χ1) is 13.4. The highest BCUT2D eigenvalue weighted by Gasteiger charge is 2.21. The Balaban J connectivity index is 1.81. The summed E-state index contributed by atoms with van der Waals surface area (Å²) in [6.07, 6.45) is 0.423. The molecule has 0 radical (unpaired) electrons. The van der Waals surface area contributed by atoms with Crippen molar-refractivity contribution in [2.75, 3.05) is 6.61 Å². The molecular weight excluding hydrogens is 372 g/mol. The van der Waals surface area contributed by atoms with E-state index in [9.17, 15) is 13.5 Å². The number of hydrogen-bond acceptors (Lipinski definition) is 4. The maximum Gasteiger partial charge on any atom is 0.296 e. The molecule has 3 rings (SSSR count). The predicted molar refractivity (Wildman–Crippen MR) is 110 cm³/mol. The first-order valence-corrected chi connectivity index (χ1v) is 10.6. The van der Waals surface area contributed by atoms with Gasteiger partial charge in [-0.25, -0.2) is 0 Å². The fourth-order valence-corrected chi connectivity index (χ4v) is 4.11. The van der Waals surface area contributed by atoms with Crippen LogP contribution in [0.3, 0.4) is 0 Å². The standard InChI is InChI=1S/C23H24O4S/c1-17-8-11-20(12-9-17)28(25,26)27-15-14-21(19-6-4-3-5-7-19)22-16-18(2)10-13-23(22)24/h3-13,16,21,24H,14-15H2,1-2H3. The highest BCUT2D eigenvalue weighted by molar-refractivity contribution is 7.86. The number of hydrogen-bond donors (Lipinski definition) is 1. The van der Waals surface area contributed by atoms with Gasteiger partial charge in [0.1, 0.15) is 5.75 Å². The van der Waals surface area contributed by atoms with Crippen LogP contribution in [0.4, 0.5) is 0 Å². The van der Waals surface area contributed by atoms with Crippen LogP contribution in [0.25, 0.3) is 0 Å². The topological polar surface area (TPSA) is 63.6 Å². The summed E-state index contributed by atoms with van der Waals surface area (Å²) in [6, 6.07) is 21.8. The van der Waals surface area contributed by atoms with Crippen molar-refractivity contribution in [3.05, 3.63) is 95.1 Å². The van der Waals surface area contributed by atoms with Crippen molar-refractivity contribution in [2.24, 2.45) is 0 Å². The third-order valence-corrected chi connectivity index (χ3v) is 6.04. The maximum atomic E-state index is 12.4. The zero-order valence-electron chi connectivity index (χ0n) is 16.0. The Morgan fingerprint density at radius 3 is 2.21 bits per heavy atom. The Morgan fingerprint density at radius 1 is 0.893 bits per heavy atom. The van der Waals surface area contributed by atoms with Crippen LogP contribution >= 0.6 is 0 Å². The van der Waals surface area contributed by atoms with E-state index in [2.05, 4.69) is 0 Å². The van der Waals surface area contributed by atoms with E-state index in [1.807, 2.05) is 56.3 Å². The van der Waals surface area contributed by atoms with Gasteiger partial charge in [-0.2, -0.15) is 8.42 Å². The monoisotopic (exact) mass is 396 g/mol. The van der Waals surface area contributed by atoms with Gasteiger partial charge >= 0.3 is 0 Å². The first kappa shape index (κ1) is 20.1. The van der Waals surface area contributed by atoms with Crippen LogP contribution in [0.5, 0.6) is 5.75 Å². The molecule has 0 saturated carbocycles. The van der Waals surface area contributed by atoms with Crippen LogP contribution in [0.2, 0.25) is 0 Å². The highest BCUT2D eigenvalue weighted by atomic mass is 32.2. The van der Waals surface area contributed by atoms with Gasteiger partial charge in [0.05, 0.1) is 11.5 Å². The van der Waals surface area contributed by atoms with Gasteiger partial charge in [0.15, 0.2) is 0 Å². The van der Waals surface area contributed by atoms with E-state index in [-0.39, 0.29) is 23.2 Å². The molecule has 0 spiro atoms. The van der Waals surface area contributed by atoms with E-state index in [1.54, 1.807) is 30.3 Å². The van der Waals surface area contributed by atoms with E-state index < -0.39 is 10.1 Å². The molecule has 28 heavy (non-hydrogen) atoms. The Labute approximate surface area is 166 Å². The summed E-state index contributed by atoms with van der Waals surface area (Å²) < 4.78 is 30.2. The molecule has 0 aliphatic rings. The van der Waals surface area contributed by atoms with E-state index in [0.29, 0.717) is 6.42 Å². The average molecular weight is 397 g/mol. The fourth-order valence-electron chi connectivity index (χ4n) is 3.19. The smallest absolute Gasteiger partial charge is 0.296 e. The molecule has 0 aliphatic carbocycles. The molecule has 4 nitrogen and oxygen atoms in total. The second-order valence-corrected chi connectivity index (χ2v) is 8.52. The molecule has 3 aromatic carbocycles. The summed E-state index contributed by atoms with van der Waals surface area (Å²) in [4.78, 5) is 0.146. The molecule has 5 heteroatoms. The van der Waals surface area contributed by atoms with Crippen LogP contribution in [0, 0.1) is 13.8 Å². The minimum Gasteiger partial charge on any atom is -0.508 e. The quantitative estimate of drug-likeness (QED) is 0.575. The number of phenols is 1. The molecule has 0 saturated heterocycles. The highest BCUT2D eigenvalue weighted by Crippen LogP contribution is 2.34. The minimum absolute atomic E-state index is 0.0170. The van der Waals surface area contributed by atoms with Gasteiger partial charge in [-0.3, -0.25) is 4.18 Å². The second kappa shape index (κ2) is 8.59. The molecule has 0 amide bonds. The molecule has 1 unspecified atom stereocenters. The minimum atomic E-state index is -3.82. The maximum absolute atomic E-state index is 12.4. The van der Waals surface area contributed by atoms with Crippen molar-refractivity contribution in [1.29, 1.82) is 0 Å². The number of aromatic hydroxyl groups is 1. The second-order valence-electron chi connectivity index (χ2n) is 6.90. The summed E-state index contributed by atoms with van der Waals surface area (Å²) in [7, 11) is -3.82. The molecule has 0 heterocycles. The fraction of sp³-hybridized carbons (Fsp3) is 0.217. The third kappa shape index (κ3) is 4.80. The van der Waals surface area contributed by atoms with Gasteiger partial charge < -0.3 is 5.11 Å². The zero-order chi connectivity index (χ0) is 20.1. The van der Waals surface area contributed by atoms with Gasteiger partial charge in [-0.1, -0.05) is 65.7 Å². The summed E-state index contributed by atoms with van der Waals surface area (Å²) >= 11 is 0. The lowest BCUT2D eigenvalue weighted by Gasteiger charge is -2.20.